The fraction of sp³-hybridized carbons (Fsp3) is 0.938. The van der Waals surface area contributed by atoms with Crippen LogP contribution in [0.4, 0.5) is 0 Å². The molecule has 0 radical (unpaired) electrons. The topological polar surface area (TPSA) is 64.6 Å². The molecular weight excluding hydrogens is 337 g/mol. The van der Waals surface area contributed by atoms with Crippen molar-refractivity contribution in [2.24, 2.45) is 5.92 Å². The Bertz CT molecular complexity index is 369. The van der Waals surface area contributed by atoms with Gasteiger partial charge in [0.05, 0.1) is 12.1 Å². The van der Waals surface area contributed by atoms with E-state index < -0.39 is 0 Å². The fourth-order valence-corrected chi connectivity index (χ4v) is 3.40. The Morgan fingerprint density at radius 1 is 1.39 bits per heavy atom. The van der Waals surface area contributed by atoms with Crippen molar-refractivity contribution in [1.82, 2.24) is 15.5 Å². The van der Waals surface area contributed by atoms with Crippen LogP contribution in [0.3, 0.4) is 0 Å². The van der Waals surface area contributed by atoms with E-state index in [9.17, 15) is 9.90 Å². The van der Waals surface area contributed by atoms with Crippen LogP contribution < -0.4 is 10.6 Å². The maximum atomic E-state index is 12.1. The highest BCUT2D eigenvalue weighted by Crippen LogP contribution is 2.25. The average molecular weight is 370 g/mol. The lowest BCUT2D eigenvalue weighted by molar-refractivity contribution is -0.123. The van der Waals surface area contributed by atoms with E-state index in [1.807, 2.05) is 0 Å². The van der Waals surface area contributed by atoms with E-state index >= 15 is 0 Å². The number of carbonyl (C=O) groups excluding carboxylic acids is 1. The van der Waals surface area contributed by atoms with E-state index in [1.165, 1.54) is 19.3 Å². The number of hydrogen-bond donors (Lipinski definition) is 3. The van der Waals surface area contributed by atoms with Crippen LogP contribution in [0.15, 0.2) is 0 Å². The second-order valence-electron chi connectivity index (χ2n) is 7.24. The predicted octanol–water partition coefficient (Wildman–Crippen LogP) is 1.57. The van der Waals surface area contributed by atoms with Gasteiger partial charge in [0.2, 0.25) is 5.91 Å². The summed E-state index contributed by atoms with van der Waals surface area (Å²) in [6, 6.07) is -0.236. The summed E-state index contributed by atoms with van der Waals surface area (Å²) in [6.45, 7) is 10.1. The van der Waals surface area contributed by atoms with Crippen molar-refractivity contribution in [3.05, 3.63) is 0 Å². The van der Waals surface area contributed by atoms with E-state index in [0.717, 1.165) is 19.0 Å². The highest BCUT2D eigenvalue weighted by atomic mass is 35.5. The summed E-state index contributed by atoms with van der Waals surface area (Å²) >= 11 is 0. The van der Waals surface area contributed by atoms with Crippen molar-refractivity contribution >= 4 is 30.7 Å². The van der Waals surface area contributed by atoms with Crippen molar-refractivity contribution in [3.8, 4) is 0 Å². The number of piperidine rings is 1. The molecule has 2 rings (SSSR count). The van der Waals surface area contributed by atoms with Gasteiger partial charge >= 0.3 is 0 Å². The van der Waals surface area contributed by atoms with E-state index in [-0.39, 0.29) is 48.4 Å². The largest absolute Gasteiger partial charge is 0.392 e. The van der Waals surface area contributed by atoms with E-state index in [4.69, 9.17) is 0 Å². The van der Waals surface area contributed by atoms with Crippen LogP contribution in [0.5, 0.6) is 0 Å². The molecule has 0 aromatic rings. The lowest BCUT2D eigenvalue weighted by atomic mass is 9.91. The monoisotopic (exact) mass is 369 g/mol. The van der Waals surface area contributed by atoms with Crippen LogP contribution in [0, 0.1) is 5.92 Å². The normalized spacial score (nSPS) is 28.6. The summed E-state index contributed by atoms with van der Waals surface area (Å²) in [4.78, 5) is 14.7. The number of nitrogens with one attached hydrogen (secondary N) is 2. The van der Waals surface area contributed by atoms with Gasteiger partial charge in [-0.3, -0.25) is 9.69 Å². The Morgan fingerprint density at radius 2 is 2.09 bits per heavy atom. The standard InChI is InChI=1S/C16H31N3O2.2ClH/c1-4-12-6-5-7-19(10-12)16(2,3)11-18-15(21)14-8-13(20)9-17-14;;/h12-14,17,20H,4-11H2,1-3H3,(H,18,21);2*1H. The third-order valence-corrected chi connectivity index (χ3v) is 5.07. The van der Waals surface area contributed by atoms with Crippen LogP contribution in [-0.2, 0) is 4.79 Å². The van der Waals surface area contributed by atoms with Crippen molar-refractivity contribution in [2.45, 2.75) is 64.1 Å². The molecular formula is C16H33Cl2N3O2. The van der Waals surface area contributed by atoms with Crippen LogP contribution in [0.1, 0.15) is 46.5 Å². The molecule has 3 unspecified atom stereocenters. The number of carbonyl (C=O) groups is 1. The van der Waals surface area contributed by atoms with Crippen LogP contribution in [0.2, 0.25) is 0 Å². The quantitative estimate of drug-likeness (QED) is 0.688. The molecule has 0 aromatic carbocycles. The molecule has 0 saturated carbocycles. The van der Waals surface area contributed by atoms with Gasteiger partial charge < -0.3 is 15.7 Å². The minimum atomic E-state index is -0.388. The lowest BCUT2D eigenvalue weighted by Gasteiger charge is -2.43. The molecule has 0 spiro atoms. The van der Waals surface area contributed by atoms with Gasteiger partial charge in [-0.15, -0.1) is 24.8 Å². The lowest BCUT2D eigenvalue weighted by Crippen LogP contribution is -2.56. The van der Waals surface area contributed by atoms with Gasteiger partial charge in [-0.05, 0) is 45.6 Å². The molecule has 0 aromatic heterocycles. The number of aliphatic hydroxyl groups is 1. The van der Waals surface area contributed by atoms with E-state index in [1.54, 1.807) is 0 Å². The second-order valence-corrected chi connectivity index (χ2v) is 7.24. The van der Waals surface area contributed by atoms with Crippen molar-refractivity contribution < 1.29 is 9.90 Å². The maximum absolute atomic E-state index is 12.1. The van der Waals surface area contributed by atoms with Crippen molar-refractivity contribution in [2.75, 3.05) is 26.2 Å². The Balaban J connectivity index is 0.00000242. The molecule has 0 aliphatic carbocycles. The van der Waals surface area contributed by atoms with Crippen molar-refractivity contribution in [1.29, 1.82) is 0 Å². The predicted molar refractivity (Wildman–Crippen MR) is 98.6 cm³/mol. The first-order valence-electron chi connectivity index (χ1n) is 8.36. The maximum Gasteiger partial charge on any atom is 0.237 e. The zero-order valence-corrected chi connectivity index (χ0v) is 16.1. The Morgan fingerprint density at radius 3 is 2.65 bits per heavy atom. The number of rotatable bonds is 5. The number of hydrogen-bond acceptors (Lipinski definition) is 4. The van der Waals surface area contributed by atoms with Crippen LogP contribution >= 0.6 is 24.8 Å². The zero-order valence-electron chi connectivity index (χ0n) is 14.5. The number of amides is 1. The molecule has 3 N–H and O–H groups in total. The molecule has 1 amide bonds. The highest BCUT2D eigenvalue weighted by Gasteiger charge is 2.33. The minimum Gasteiger partial charge on any atom is -0.392 e. The summed E-state index contributed by atoms with van der Waals surface area (Å²) in [5.74, 6) is 0.809. The molecule has 23 heavy (non-hydrogen) atoms. The number of halogens is 2. The molecule has 2 aliphatic rings. The van der Waals surface area contributed by atoms with Gasteiger partial charge in [-0.1, -0.05) is 13.3 Å². The number of nitrogens with zero attached hydrogens (tertiary/aromatic N) is 1. The number of likely N-dealkylation sites (tertiary alicyclic amines) is 1. The average Bonchev–Trinajstić information content (AvgIpc) is 2.91. The molecule has 2 heterocycles. The Kier molecular flexibility index (Phi) is 10.0. The highest BCUT2D eigenvalue weighted by molar-refractivity contribution is 5.85. The second kappa shape index (κ2) is 10.0. The molecule has 2 fully saturated rings. The first-order valence-corrected chi connectivity index (χ1v) is 8.36. The number of aliphatic hydroxyl groups excluding tert-OH is 1. The van der Waals surface area contributed by atoms with Gasteiger partial charge in [0.1, 0.15) is 0 Å². The smallest absolute Gasteiger partial charge is 0.237 e. The molecule has 0 bridgehead atoms. The van der Waals surface area contributed by atoms with Crippen LogP contribution in [-0.4, -0.2) is 59.8 Å². The summed E-state index contributed by atoms with van der Waals surface area (Å²) in [7, 11) is 0. The first-order chi connectivity index (χ1) is 9.92. The zero-order chi connectivity index (χ0) is 15.5. The summed E-state index contributed by atoms with van der Waals surface area (Å²) in [5, 5.41) is 15.6. The van der Waals surface area contributed by atoms with Gasteiger partial charge in [0, 0.05) is 25.2 Å². The third-order valence-electron chi connectivity index (χ3n) is 5.07. The van der Waals surface area contributed by atoms with E-state index in [0.29, 0.717) is 19.5 Å². The summed E-state index contributed by atoms with van der Waals surface area (Å²) in [6.07, 6.45) is 3.96. The molecule has 3 atom stereocenters. The molecule has 5 nitrogen and oxygen atoms in total. The van der Waals surface area contributed by atoms with Gasteiger partial charge in [-0.2, -0.15) is 0 Å². The Labute approximate surface area is 152 Å². The fourth-order valence-electron chi connectivity index (χ4n) is 3.40. The molecule has 138 valence electrons. The SMILES string of the molecule is CCC1CCCN(C(C)(C)CNC(=O)C2CC(O)CN2)C1.Cl.Cl. The molecule has 7 heteroatoms. The first kappa shape index (κ1) is 22.9. The minimum absolute atomic E-state index is 0. The summed E-state index contributed by atoms with van der Waals surface area (Å²) in [5.41, 5.74) is -0.0132. The summed E-state index contributed by atoms with van der Waals surface area (Å²) < 4.78 is 0. The van der Waals surface area contributed by atoms with Gasteiger partial charge in [0.15, 0.2) is 0 Å². The Hall–Kier alpha value is -0.0700. The third kappa shape index (κ3) is 6.39. The number of β-amino-alcohol motifs (C(OH)–C–C–N with tert-alkyl or cyclic N) is 1. The molecule has 2 saturated heterocycles. The van der Waals surface area contributed by atoms with E-state index in [2.05, 4.69) is 36.3 Å². The molecule has 2 aliphatic heterocycles. The van der Waals surface area contributed by atoms with Gasteiger partial charge in [0.25, 0.3) is 0 Å². The van der Waals surface area contributed by atoms with Crippen molar-refractivity contribution in [3.63, 3.8) is 0 Å². The van der Waals surface area contributed by atoms with Crippen LogP contribution in [0.25, 0.3) is 0 Å². The van der Waals surface area contributed by atoms with Gasteiger partial charge in [-0.25, -0.2) is 0 Å².